The quantitative estimate of drug-likeness (QED) is 0.705. The molecule has 0 aliphatic rings. The lowest BCUT2D eigenvalue weighted by Crippen LogP contribution is -2.38. The van der Waals surface area contributed by atoms with Crippen LogP contribution in [0.1, 0.15) is 31.0 Å². The van der Waals surface area contributed by atoms with Crippen molar-refractivity contribution in [1.82, 2.24) is 5.32 Å². The van der Waals surface area contributed by atoms with E-state index >= 15 is 0 Å². The van der Waals surface area contributed by atoms with E-state index < -0.39 is 5.41 Å². The first-order valence-corrected chi connectivity index (χ1v) is 6.02. The van der Waals surface area contributed by atoms with E-state index in [1.807, 2.05) is 13.0 Å². The van der Waals surface area contributed by atoms with Gasteiger partial charge in [0.25, 0.3) is 0 Å². The van der Waals surface area contributed by atoms with E-state index in [0.717, 1.165) is 0 Å². The predicted molar refractivity (Wildman–Crippen MR) is 69.9 cm³/mol. The minimum Gasteiger partial charge on any atom is -0.396 e. The number of aryl methyl sites for hydroxylation is 1. The summed E-state index contributed by atoms with van der Waals surface area (Å²) < 4.78 is 0. The van der Waals surface area contributed by atoms with Gasteiger partial charge in [-0.05, 0) is 19.4 Å². The zero-order chi connectivity index (χ0) is 12.9. The standard InChI is InChI=1S/C14H23NO2/c1-11-5-4-6-13(7-11)12(2)15-8-14(3,9-16)10-17/h4-7,12,15-17H,8-10H2,1-3H3/t12-/m0/s1. The largest absolute Gasteiger partial charge is 0.396 e. The summed E-state index contributed by atoms with van der Waals surface area (Å²) in [7, 11) is 0. The van der Waals surface area contributed by atoms with Gasteiger partial charge in [-0.2, -0.15) is 0 Å². The smallest absolute Gasteiger partial charge is 0.0519 e. The molecular weight excluding hydrogens is 214 g/mol. The fraction of sp³-hybridized carbons (Fsp3) is 0.571. The lowest BCUT2D eigenvalue weighted by atomic mass is 9.92. The molecule has 0 amide bonds. The van der Waals surface area contributed by atoms with Crippen LogP contribution in [0.25, 0.3) is 0 Å². The molecule has 0 bridgehead atoms. The maximum absolute atomic E-state index is 9.21. The maximum Gasteiger partial charge on any atom is 0.0519 e. The highest BCUT2D eigenvalue weighted by Gasteiger charge is 2.22. The van der Waals surface area contributed by atoms with Gasteiger partial charge in [0, 0.05) is 18.0 Å². The summed E-state index contributed by atoms with van der Waals surface area (Å²) in [6, 6.07) is 8.56. The molecule has 1 aromatic rings. The van der Waals surface area contributed by atoms with Gasteiger partial charge in [0.1, 0.15) is 0 Å². The number of nitrogens with one attached hydrogen (secondary N) is 1. The second-order valence-electron chi connectivity index (χ2n) is 5.14. The van der Waals surface area contributed by atoms with E-state index in [-0.39, 0.29) is 19.3 Å². The molecule has 0 fully saturated rings. The van der Waals surface area contributed by atoms with Crippen LogP contribution >= 0.6 is 0 Å². The van der Waals surface area contributed by atoms with Gasteiger partial charge in [0.2, 0.25) is 0 Å². The van der Waals surface area contributed by atoms with Crippen molar-refractivity contribution in [2.24, 2.45) is 5.41 Å². The zero-order valence-electron chi connectivity index (χ0n) is 10.9. The minimum absolute atomic E-state index is 0.0168. The van der Waals surface area contributed by atoms with Gasteiger partial charge in [-0.1, -0.05) is 36.8 Å². The summed E-state index contributed by atoms with van der Waals surface area (Å²) in [4.78, 5) is 0. The molecule has 3 heteroatoms. The van der Waals surface area contributed by atoms with Crippen LogP contribution in [0.3, 0.4) is 0 Å². The summed E-state index contributed by atoms with van der Waals surface area (Å²) in [5.74, 6) is 0. The second-order valence-corrected chi connectivity index (χ2v) is 5.14. The fourth-order valence-corrected chi connectivity index (χ4v) is 1.62. The molecule has 3 nitrogen and oxygen atoms in total. The first-order chi connectivity index (χ1) is 8.00. The molecule has 1 rings (SSSR count). The Balaban J connectivity index is 2.58. The SMILES string of the molecule is Cc1cccc([C@H](C)NCC(C)(CO)CO)c1. The fourth-order valence-electron chi connectivity index (χ4n) is 1.62. The molecule has 0 spiro atoms. The molecule has 0 unspecified atom stereocenters. The first-order valence-electron chi connectivity index (χ1n) is 6.02. The van der Waals surface area contributed by atoms with Gasteiger partial charge in [-0.3, -0.25) is 0 Å². The van der Waals surface area contributed by atoms with E-state index in [1.165, 1.54) is 11.1 Å². The van der Waals surface area contributed by atoms with Crippen molar-refractivity contribution in [2.45, 2.75) is 26.8 Å². The average Bonchev–Trinajstić information content (AvgIpc) is 2.35. The Morgan fingerprint density at radius 1 is 1.29 bits per heavy atom. The molecule has 0 radical (unpaired) electrons. The number of aliphatic hydroxyl groups excluding tert-OH is 2. The van der Waals surface area contributed by atoms with Gasteiger partial charge < -0.3 is 15.5 Å². The maximum atomic E-state index is 9.21. The summed E-state index contributed by atoms with van der Waals surface area (Å²) in [6.45, 7) is 6.58. The third kappa shape index (κ3) is 4.11. The molecule has 0 aromatic heterocycles. The minimum atomic E-state index is -0.460. The lowest BCUT2D eigenvalue weighted by Gasteiger charge is -2.27. The van der Waals surface area contributed by atoms with Crippen LogP contribution in [0.2, 0.25) is 0 Å². The highest BCUT2D eigenvalue weighted by molar-refractivity contribution is 5.24. The third-order valence-corrected chi connectivity index (χ3v) is 3.14. The number of rotatable bonds is 6. The van der Waals surface area contributed by atoms with Crippen LogP contribution in [-0.4, -0.2) is 30.0 Å². The lowest BCUT2D eigenvalue weighted by molar-refractivity contribution is 0.0677. The van der Waals surface area contributed by atoms with Crippen LogP contribution in [0.15, 0.2) is 24.3 Å². The Labute approximate surface area is 103 Å². The zero-order valence-corrected chi connectivity index (χ0v) is 10.9. The number of hydrogen-bond acceptors (Lipinski definition) is 3. The molecule has 96 valence electrons. The highest BCUT2D eigenvalue weighted by atomic mass is 16.3. The number of benzene rings is 1. The highest BCUT2D eigenvalue weighted by Crippen LogP contribution is 2.17. The van der Waals surface area contributed by atoms with E-state index in [0.29, 0.717) is 6.54 Å². The summed E-state index contributed by atoms with van der Waals surface area (Å²) in [5.41, 5.74) is 2.00. The van der Waals surface area contributed by atoms with Gasteiger partial charge in [-0.25, -0.2) is 0 Å². The van der Waals surface area contributed by atoms with Crippen LogP contribution in [-0.2, 0) is 0 Å². The van der Waals surface area contributed by atoms with Gasteiger partial charge >= 0.3 is 0 Å². The summed E-state index contributed by atoms with van der Waals surface area (Å²) >= 11 is 0. The average molecular weight is 237 g/mol. The Hall–Kier alpha value is -0.900. The summed E-state index contributed by atoms with van der Waals surface area (Å²) in [6.07, 6.45) is 0. The molecule has 0 saturated heterocycles. The van der Waals surface area contributed by atoms with Crippen LogP contribution < -0.4 is 5.32 Å². The van der Waals surface area contributed by atoms with Crippen LogP contribution in [0, 0.1) is 12.3 Å². The second kappa shape index (κ2) is 6.15. The van der Waals surface area contributed by atoms with Gasteiger partial charge in [0.05, 0.1) is 13.2 Å². The van der Waals surface area contributed by atoms with Crippen molar-refractivity contribution in [2.75, 3.05) is 19.8 Å². The molecule has 3 N–H and O–H groups in total. The van der Waals surface area contributed by atoms with Crippen molar-refractivity contribution in [3.63, 3.8) is 0 Å². The van der Waals surface area contributed by atoms with E-state index in [4.69, 9.17) is 0 Å². The normalized spacial score (nSPS) is 13.7. The van der Waals surface area contributed by atoms with Crippen molar-refractivity contribution in [3.8, 4) is 0 Å². The van der Waals surface area contributed by atoms with Gasteiger partial charge in [-0.15, -0.1) is 0 Å². The Morgan fingerprint density at radius 3 is 2.47 bits per heavy atom. The molecule has 0 saturated carbocycles. The first kappa shape index (κ1) is 14.2. The van der Waals surface area contributed by atoms with E-state index in [2.05, 4.69) is 37.4 Å². The molecular formula is C14H23NO2. The molecule has 1 atom stereocenters. The molecule has 0 heterocycles. The predicted octanol–water partition coefficient (Wildman–Crippen LogP) is 1.64. The number of hydrogen-bond donors (Lipinski definition) is 3. The number of aliphatic hydroxyl groups is 2. The van der Waals surface area contributed by atoms with Gasteiger partial charge in [0.15, 0.2) is 0 Å². The topological polar surface area (TPSA) is 52.5 Å². The van der Waals surface area contributed by atoms with Crippen molar-refractivity contribution in [3.05, 3.63) is 35.4 Å². The molecule has 0 aliphatic carbocycles. The van der Waals surface area contributed by atoms with E-state index in [1.54, 1.807) is 0 Å². The third-order valence-electron chi connectivity index (χ3n) is 3.14. The Kier molecular flexibility index (Phi) is 5.12. The van der Waals surface area contributed by atoms with Crippen molar-refractivity contribution >= 4 is 0 Å². The summed E-state index contributed by atoms with van der Waals surface area (Å²) in [5, 5.41) is 21.8. The monoisotopic (exact) mass is 237 g/mol. The van der Waals surface area contributed by atoms with Crippen molar-refractivity contribution in [1.29, 1.82) is 0 Å². The van der Waals surface area contributed by atoms with Crippen molar-refractivity contribution < 1.29 is 10.2 Å². The molecule has 0 aliphatic heterocycles. The van der Waals surface area contributed by atoms with Crippen LogP contribution in [0.4, 0.5) is 0 Å². The molecule has 17 heavy (non-hydrogen) atoms. The Bertz CT molecular complexity index is 348. The Morgan fingerprint density at radius 2 is 1.94 bits per heavy atom. The molecule has 1 aromatic carbocycles. The van der Waals surface area contributed by atoms with Crippen LogP contribution in [0.5, 0.6) is 0 Å². The van der Waals surface area contributed by atoms with E-state index in [9.17, 15) is 10.2 Å².